The van der Waals surface area contributed by atoms with Crippen molar-refractivity contribution in [2.24, 2.45) is 0 Å². The molecular formula is C19H14N2O2S. The van der Waals surface area contributed by atoms with Crippen molar-refractivity contribution >= 4 is 39.9 Å². The summed E-state index contributed by atoms with van der Waals surface area (Å²) in [6, 6.07) is 20.3. The molecule has 0 unspecified atom stereocenters. The van der Waals surface area contributed by atoms with Crippen LogP contribution in [0.3, 0.4) is 0 Å². The van der Waals surface area contributed by atoms with Gasteiger partial charge < -0.3 is 4.57 Å². The number of fused-ring (bicyclic) bond motifs is 1. The number of carbonyl (C=O) groups excluding carboxylic acids is 2. The van der Waals surface area contributed by atoms with Crippen LogP contribution < -0.4 is 5.32 Å². The molecule has 1 aromatic heterocycles. The van der Waals surface area contributed by atoms with Crippen LogP contribution in [0.2, 0.25) is 0 Å². The number of hydrogen-bond donors (Lipinski definition) is 1. The highest BCUT2D eigenvalue weighted by atomic mass is 32.2. The van der Waals surface area contributed by atoms with Crippen molar-refractivity contribution in [2.75, 3.05) is 0 Å². The van der Waals surface area contributed by atoms with Gasteiger partial charge in [-0.2, -0.15) is 0 Å². The Kier molecular flexibility index (Phi) is 3.70. The normalized spacial score (nSPS) is 16.1. The average Bonchev–Trinajstić information content (AvgIpc) is 3.09. The van der Waals surface area contributed by atoms with Gasteiger partial charge in [-0.3, -0.25) is 14.9 Å². The monoisotopic (exact) mass is 334 g/mol. The van der Waals surface area contributed by atoms with Gasteiger partial charge in [-0.1, -0.05) is 48.5 Å². The van der Waals surface area contributed by atoms with Crippen molar-refractivity contribution in [3.8, 4) is 0 Å². The summed E-state index contributed by atoms with van der Waals surface area (Å²) in [5.74, 6) is -0.332. The third-order valence-corrected chi connectivity index (χ3v) is 4.76. The number of thioether (sulfide) groups is 1. The average molecular weight is 334 g/mol. The van der Waals surface area contributed by atoms with E-state index >= 15 is 0 Å². The molecule has 2 aromatic carbocycles. The highest BCUT2D eigenvalue weighted by molar-refractivity contribution is 8.18. The number of hydrogen-bond acceptors (Lipinski definition) is 3. The predicted octanol–water partition coefficient (Wildman–Crippen LogP) is 4.01. The largest absolute Gasteiger partial charge is 0.336 e. The van der Waals surface area contributed by atoms with Crippen molar-refractivity contribution in [1.82, 2.24) is 9.88 Å². The minimum absolute atomic E-state index is 0.322. The fourth-order valence-electron chi connectivity index (χ4n) is 2.85. The topological polar surface area (TPSA) is 51.1 Å². The van der Waals surface area contributed by atoms with E-state index in [1.54, 1.807) is 6.08 Å². The third kappa shape index (κ3) is 2.74. The maximum absolute atomic E-state index is 11.8. The van der Waals surface area contributed by atoms with Gasteiger partial charge in [-0.15, -0.1) is 0 Å². The van der Waals surface area contributed by atoms with Crippen molar-refractivity contribution in [2.45, 2.75) is 6.54 Å². The second-order valence-electron chi connectivity index (χ2n) is 5.55. The standard InChI is InChI=1S/C19H14N2O2S/c22-18-17(24-19(23)20-18)11-15-10-14-8-4-5-9-16(14)21(15)12-13-6-2-1-3-7-13/h1-11H,12H2,(H,20,22,23)/b17-11-. The highest BCUT2D eigenvalue weighted by Crippen LogP contribution is 2.29. The van der Waals surface area contributed by atoms with E-state index in [4.69, 9.17) is 0 Å². The fraction of sp³-hybridized carbons (Fsp3) is 0.0526. The van der Waals surface area contributed by atoms with Gasteiger partial charge in [0.15, 0.2) is 0 Å². The maximum atomic E-state index is 11.8. The van der Waals surface area contributed by atoms with Gasteiger partial charge >= 0.3 is 0 Å². The first-order valence-electron chi connectivity index (χ1n) is 7.58. The Morgan fingerprint density at radius 2 is 1.75 bits per heavy atom. The summed E-state index contributed by atoms with van der Waals surface area (Å²) in [7, 11) is 0. The molecule has 2 amide bonds. The predicted molar refractivity (Wildman–Crippen MR) is 96.6 cm³/mol. The van der Waals surface area contributed by atoms with Crippen LogP contribution in [-0.2, 0) is 11.3 Å². The van der Waals surface area contributed by atoms with E-state index in [1.807, 2.05) is 42.5 Å². The summed E-state index contributed by atoms with van der Waals surface area (Å²) in [5.41, 5.74) is 3.19. The quantitative estimate of drug-likeness (QED) is 0.736. The molecule has 0 bridgehead atoms. The number of imide groups is 1. The first kappa shape index (κ1) is 14.8. The molecule has 2 heterocycles. The van der Waals surface area contributed by atoms with Gasteiger partial charge in [0.25, 0.3) is 11.1 Å². The van der Waals surface area contributed by atoms with Crippen LogP contribution in [0.25, 0.3) is 17.0 Å². The highest BCUT2D eigenvalue weighted by Gasteiger charge is 2.25. The molecule has 1 fully saturated rings. The minimum Gasteiger partial charge on any atom is -0.336 e. The lowest BCUT2D eigenvalue weighted by Gasteiger charge is -2.09. The summed E-state index contributed by atoms with van der Waals surface area (Å²) < 4.78 is 2.16. The zero-order valence-electron chi connectivity index (χ0n) is 12.7. The smallest absolute Gasteiger partial charge is 0.290 e. The Hall–Kier alpha value is -2.79. The van der Waals surface area contributed by atoms with Gasteiger partial charge in [-0.05, 0) is 35.5 Å². The van der Waals surface area contributed by atoms with Gasteiger partial charge in [0.05, 0.1) is 4.91 Å². The summed E-state index contributed by atoms with van der Waals surface area (Å²) in [4.78, 5) is 23.7. The molecule has 5 heteroatoms. The van der Waals surface area contributed by atoms with E-state index in [2.05, 4.69) is 28.1 Å². The van der Waals surface area contributed by atoms with Gasteiger partial charge in [-0.25, -0.2) is 0 Å². The number of nitrogens with one attached hydrogen (secondary N) is 1. The van der Waals surface area contributed by atoms with Crippen LogP contribution in [0.1, 0.15) is 11.3 Å². The second kappa shape index (κ2) is 6.02. The molecule has 4 nitrogen and oxygen atoms in total. The number of benzene rings is 2. The van der Waals surface area contributed by atoms with Gasteiger partial charge in [0.2, 0.25) is 0 Å². The van der Waals surface area contributed by atoms with Gasteiger partial charge in [0, 0.05) is 23.1 Å². The molecule has 1 N–H and O–H groups in total. The SMILES string of the molecule is O=C1NC(=O)/C(=C/c2cc3ccccc3n2Cc2ccccc2)S1. The van der Waals surface area contributed by atoms with E-state index in [0.29, 0.717) is 11.4 Å². The number of nitrogens with zero attached hydrogens (tertiary/aromatic N) is 1. The first-order chi connectivity index (χ1) is 11.7. The third-order valence-electron chi connectivity index (χ3n) is 3.95. The van der Waals surface area contributed by atoms with Crippen LogP contribution in [0.15, 0.2) is 65.6 Å². The molecule has 0 saturated carbocycles. The summed E-state index contributed by atoms with van der Waals surface area (Å²) in [6.07, 6.45) is 1.79. The molecule has 4 rings (SSSR count). The van der Waals surface area contributed by atoms with Crippen molar-refractivity contribution in [3.63, 3.8) is 0 Å². The molecule has 1 saturated heterocycles. The van der Waals surface area contributed by atoms with E-state index in [9.17, 15) is 9.59 Å². The molecular weight excluding hydrogens is 320 g/mol. The van der Waals surface area contributed by atoms with Crippen LogP contribution in [-0.4, -0.2) is 15.7 Å². The van der Waals surface area contributed by atoms with Crippen LogP contribution >= 0.6 is 11.8 Å². The maximum Gasteiger partial charge on any atom is 0.290 e. The lowest BCUT2D eigenvalue weighted by molar-refractivity contribution is -0.115. The number of carbonyl (C=O) groups is 2. The van der Waals surface area contributed by atoms with Crippen molar-refractivity contribution < 1.29 is 9.59 Å². The zero-order valence-corrected chi connectivity index (χ0v) is 13.5. The number of rotatable bonds is 3. The Morgan fingerprint density at radius 1 is 1.00 bits per heavy atom. The summed E-state index contributed by atoms with van der Waals surface area (Å²) >= 11 is 0.942. The van der Waals surface area contributed by atoms with Crippen molar-refractivity contribution in [3.05, 3.63) is 76.8 Å². The molecule has 24 heavy (non-hydrogen) atoms. The fourth-order valence-corrected chi connectivity index (χ4v) is 3.52. The summed E-state index contributed by atoms with van der Waals surface area (Å²) in [5, 5.41) is 3.08. The first-order valence-corrected chi connectivity index (χ1v) is 8.39. The zero-order chi connectivity index (χ0) is 16.5. The number of para-hydroxylation sites is 1. The Labute approximate surface area is 143 Å². The molecule has 1 aliphatic heterocycles. The Balaban J connectivity index is 1.83. The molecule has 118 valence electrons. The second-order valence-corrected chi connectivity index (χ2v) is 6.57. The number of amides is 2. The van der Waals surface area contributed by atoms with E-state index in [-0.39, 0.29) is 11.1 Å². The molecule has 0 atom stereocenters. The van der Waals surface area contributed by atoms with E-state index in [0.717, 1.165) is 28.4 Å². The Bertz CT molecular complexity index is 973. The Morgan fingerprint density at radius 3 is 2.50 bits per heavy atom. The lowest BCUT2D eigenvalue weighted by Crippen LogP contribution is -2.17. The lowest BCUT2D eigenvalue weighted by atomic mass is 10.2. The van der Waals surface area contributed by atoms with E-state index in [1.165, 1.54) is 5.56 Å². The molecule has 1 aliphatic rings. The molecule has 0 aliphatic carbocycles. The van der Waals surface area contributed by atoms with Crippen molar-refractivity contribution in [1.29, 1.82) is 0 Å². The van der Waals surface area contributed by atoms with Gasteiger partial charge in [0.1, 0.15) is 0 Å². The van der Waals surface area contributed by atoms with Crippen LogP contribution in [0.4, 0.5) is 4.79 Å². The van der Waals surface area contributed by atoms with Crippen LogP contribution in [0.5, 0.6) is 0 Å². The number of aromatic nitrogens is 1. The van der Waals surface area contributed by atoms with E-state index < -0.39 is 0 Å². The molecule has 0 spiro atoms. The summed E-state index contributed by atoms with van der Waals surface area (Å²) in [6.45, 7) is 0.702. The van der Waals surface area contributed by atoms with Crippen LogP contribution in [0, 0.1) is 0 Å². The minimum atomic E-state index is -0.332. The molecule has 0 radical (unpaired) electrons. The molecule has 3 aromatic rings.